The number of hydrogen-bond acceptors (Lipinski definition) is 6. The molecule has 6 nitrogen and oxygen atoms in total. The van der Waals surface area contributed by atoms with Crippen molar-refractivity contribution in [1.29, 1.82) is 0 Å². The maximum Gasteiger partial charge on any atom is 0.159 e. The highest BCUT2D eigenvalue weighted by Crippen LogP contribution is 2.33. The molecule has 3 aromatic carbocycles. The molecule has 7 heteroatoms. The van der Waals surface area contributed by atoms with E-state index >= 15 is 0 Å². The zero-order chi connectivity index (χ0) is 23.3. The fraction of sp³-hybridized carbons (Fsp3) is 0.185. The molecule has 172 valence electrons. The first kappa shape index (κ1) is 22.4. The van der Waals surface area contributed by atoms with Crippen molar-refractivity contribution in [2.24, 2.45) is 0 Å². The number of nitrogens with two attached hydrogens (primary N) is 1. The normalized spacial score (nSPS) is 14.4. The SMILES string of the molecule is Nc1c(Nc2cccc(Br)c2)ncnc1N1CCN(C(c2ccccc2)c2ccccc2)CC1. The number of nitrogens with zero attached hydrogens (tertiary/aromatic N) is 4. The van der Waals surface area contributed by atoms with Crippen molar-refractivity contribution in [1.82, 2.24) is 14.9 Å². The average Bonchev–Trinajstić information content (AvgIpc) is 2.87. The van der Waals surface area contributed by atoms with Crippen molar-refractivity contribution >= 4 is 38.9 Å². The molecule has 1 aliphatic heterocycles. The first-order valence-electron chi connectivity index (χ1n) is 11.4. The summed E-state index contributed by atoms with van der Waals surface area (Å²) in [5.74, 6) is 1.40. The minimum atomic E-state index is 0.223. The smallest absolute Gasteiger partial charge is 0.159 e. The molecule has 1 fully saturated rings. The fourth-order valence-electron chi connectivity index (χ4n) is 4.52. The van der Waals surface area contributed by atoms with Crippen LogP contribution in [-0.2, 0) is 0 Å². The number of nitrogens with one attached hydrogen (secondary N) is 1. The van der Waals surface area contributed by atoms with Gasteiger partial charge in [-0.05, 0) is 29.3 Å². The lowest BCUT2D eigenvalue weighted by molar-refractivity contribution is 0.212. The number of aromatic nitrogens is 2. The van der Waals surface area contributed by atoms with Crippen LogP contribution in [0.1, 0.15) is 17.2 Å². The van der Waals surface area contributed by atoms with Gasteiger partial charge < -0.3 is 16.0 Å². The Kier molecular flexibility index (Phi) is 6.74. The Balaban J connectivity index is 1.34. The van der Waals surface area contributed by atoms with Crippen LogP contribution in [0.2, 0.25) is 0 Å². The summed E-state index contributed by atoms with van der Waals surface area (Å²) in [4.78, 5) is 13.7. The van der Waals surface area contributed by atoms with Crippen LogP contribution < -0.4 is 16.0 Å². The molecule has 1 aliphatic rings. The zero-order valence-corrected chi connectivity index (χ0v) is 20.4. The standard InChI is InChI=1S/C27H27BrN6/c28-22-12-7-13-23(18-22)32-26-24(29)27(31-19-30-26)34-16-14-33(15-17-34)25(20-8-3-1-4-9-20)21-10-5-2-6-11-21/h1-13,18-19,25H,14-17,29H2,(H,30,31,32). The lowest BCUT2D eigenvalue weighted by Gasteiger charge is -2.40. The number of nitrogen functional groups attached to an aromatic ring is 1. The molecule has 2 heterocycles. The number of halogens is 1. The van der Waals surface area contributed by atoms with Gasteiger partial charge in [-0.25, -0.2) is 9.97 Å². The van der Waals surface area contributed by atoms with Crippen molar-refractivity contribution in [2.75, 3.05) is 42.1 Å². The molecule has 0 amide bonds. The van der Waals surface area contributed by atoms with Gasteiger partial charge >= 0.3 is 0 Å². The Morgan fingerprint density at radius 2 is 1.44 bits per heavy atom. The molecule has 1 saturated heterocycles. The van der Waals surface area contributed by atoms with Gasteiger partial charge in [-0.15, -0.1) is 0 Å². The quantitative estimate of drug-likeness (QED) is 0.355. The van der Waals surface area contributed by atoms with Gasteiger partial charge in [0.2, 0.25) is 0 Å². The number of anilines is 4. The maximum atomic E-state index is 6.52. The van der Waals surface area contributed by atoms with Crippen LogP contribution >= 0.6 is 15.9 Å². The molecule has 34 heavy (non-hydrogen) atoms. The van der Waals surface area contributed by atoms with Gasteiger partial charge in [0.1, 0.15) is 12.0 Å². The highest BCUT2D eigenvalue weighted by atomic mass is 79.9. The lowest BCUT2D eigenvalue weighted by atomic mass is 9.96. The van der Waals surface area contributed by atoms with Crippen LogP contribution in [0.15, 0.2) is 95.7 Å². The molecule has 3 N–H and O–H groups in total. The topological polar surface area (TPSA) is 70.3 Å². The summed E-state index contributed by atoms with van der Waals surface area (Å²) < 4.78 is 0.993. The molecule has 0 radical (unpaired) electrons. The van der Waals surface area contributed by atoms with Crippen molar-refractivity contribution < 1.29 is 0 Å². The third-order valence-corrected chi connectivity index (χ3v) is 6.65. The predicted molar refractivity (Wildman–Crippen MR) is 142 cm³/mol. The predicted octanol–water partition coefficient (Wildman–Crippen LogP) is 5.48. The molecule has 1 aromatic heterocycles. The summed E-state index contributed by atoms with van der Waals surface area (Å²) >= 11 is 3.51. The van der Waals surface area contributed by atoms with Crippen molar-refractivity contribution in [3.8, 4) is 0 Å². The van der Waals surface area contributed by atoms with Gasteiger partial charge in [0.15, 0.2) is 11.6 Å². The van der Waals surface area contributed by atoms with Crippen LogP contribution in [0.4, 0.5) is 23.0 Å². The van der Waals surface area contributed by atoms with Crippen LogP contribution in [0.5, 0.6) is 0 Å². The summed E-state index contributed by atoms with van der Waals surface area (Å²) in [5, 5.41) is 3.32. The molecule has 0 atom stereocenters. The highest BCUT2D eigenvalue weighted by molar-refractivity contribution is 9.10. The van der Waals surface area contributed by atoms with E-state index in [4.69, 9.17) is 5.73 Å². The Hall–Kier alpha value is -3.42. The van der Waals surface area contributed by atoms with Crippen molar-refractivity contribution in [3.05, 3.63) is 107 Å². The Morgan fingerprint density at radius 1 is 0.794 bits per heavy atom. The van der Waals surface area contributed by atoms with Gasteiger partial charge in [-0.1, -0.05) is 82.7 Å². The maximum absolute atomic E-state index is 6.52. The Labute approximate surface area is 208 Å². The number of piperazine rings is 1. The van der Waals surface area contributed by atoms with Gasteiger partial charge in [-0.3, -0.25) is 4.90 Å². The largest absolute Gasteiger partial charge is 0.393 e. The minimum absolute atomic E-state index is 0.223. The fourth-order valence-corrected chi connectivity index (χ4v) is 4.92. The van der Waals surface area contributed by atoms with E-state index in [-0.39, 0.29) is 6.04 Å². The third kappa shape index (κ3) is 4.90. The summed E-state index contributed by atoms with van der Waals surface area (Å²) in [6.07, 6.45) is 1.58. The summed E-state index contributed by atoms with van der Waals surface area (Å²) in [5.41, 5.74) is 10.6. The molecule has 0 aliphatic carbocycles. The van der Waals surface area contributed by atoms with Crippen LogP contribution in [0.25, 0.3) is 0 Å². The number of benzene rings is 3. The molecule has 0 unspecified atom stereocenters. The molecule has 5 rings (SSSR count). The van der Waals surface area contributed by atoms with E-state index in [1.165, 1.54) is 11.1 Å². The van der Waals surface area contributed by atoms with Crippen LogP contribution in [0.3, 0.4) is 0 Å². The Morgan fingerprint density at radius 3 is 2.06 bits per heavy atom. The molecule has 0 bridgehead atoms. The van der Waals surface area contributed by atoms with E-state index in [0.29, 0.717) is 11.5 Å². The molecule has 0 saturated carbocycles. The van der Waals surface area contributed by atoms with E-state index in [2.05, 4.69) is 102 Å². The van der Waals surface area contributed by atoms with Gasteiger partial charge in [0, 0.05) is 36.3 Å². The second-order valence-electron chi connectivity index (χ2n) is 8.34. The van der Waals surface area contributed by atoms with E-state index in [1.807, 2.05) is 24.3 Å². The van der Waals surface area contributed by atoms with Crippen LogP contribution in [-0.4, -0.2) is 41.0 Å². The second-order valence-corrected chi connectivity index (χ2v) is 9.26. The van der Waals surface area contributed by atoms with E-state index in [9.17, 15) is 0 Å². The molecular formula is C27H27BrN6. The first-order valence-corrected chi connectivity index (χ1v) is 12.2. The van der Waals surface area contributed by atoms with E-state index < -0.39 is 0 Å². The van der Waals surface area contributed by atoms with E-state index in [1.54, 1.807) is 6.33 Å². The van der Waals surface area contributed by atoms with Crippen molar-refractivity contribution in [3.63, 3.8) is 0 Å². The van der Waals surface area contributed by atoms with Crippen LogP contribution in [0, 0.1) is 0 Å². The van der Waals surface area contributed by atoms with Gasteiger partial charge in [0.05, 0.1) is 6.04 Å². The third-order valence-electron chi connectivity index (χ3n) is 6.16. The summed E-state index contributed by atoms with van der Waals surface area (Å²) in [7, 11) is 0. The molecule has 4 aromatic rings. The summed E-state index contributed by atoms with van der Waals surface area (Å²) in [6, 6.07) is 29.6. The number of rotatable bonds is 6. The number of hydrogen-bond donors (Lipinski definition) is 2. The van der Waals surface area contributed by atoms with Crippen molar-refractivity contribution in [2.45, 2.75) is 6.04 Å². The molecular weight excluding hydrogens is 488 g/mol. The second kappa shape index (κ2) is 10.2. The monoisotopic (exact) mass is 514 g/mol. The molecule has 0 spiro atoms. The Bertz CT molecular complexity index is 1190. The van der Waals surface area contributed by atoms with Gasteiger partial charge in [0.25, 0.3) is 0 Å². The highest BCUT2D eigenvalue weighted by Gasteiger charge is 2.28. The minimum Gasteiger partial charge on any atom is -0.393 e. The average molecular weight is 515 g/mol. The lowest BCUT2D eigenvalue weighted by Crippen LogP contribution is -2.48. The summed E-state index contributed by atoms with van der Waals surface area (Å²) in [6.45, 7) is 3.50. The van der Waals surface area contributed by atoms with Gasteiger partial charge in [-0.2, -0.15) is 0 Å². The van der Waals surface area contributed by atoms with E-state index in [0.717, 1.165) is 42.2 Å². The zero-order valence-electron chi connectivity index (χ0n) is 18.8. The first-order chi connectivity index (χ1) is 16.7.